The number of hydrogen-bond acceptors (Lipinski definition) is 7. The summed E-state index contributed by atoms with van der Waals surface area (Å²) in [5.74, 6) is -2.03. The van der Waals surface area contributed by atoms with Crippen LogP contribution in [0.2, 0.25) is 0 Å². The van der Waals surface area contributed by atoms with E-state index in [4.69, 9.17) is 18.9 Å². The number of carboxylic acids is 1. The third-order valence-electron chi connectivity index (χ3n) is 11.3. The molecule has 0 bridgehead atoms. The molecule has 394 valence electrons. The molecule has 0 aromatic carbocycles. The number of carbonyl (C=O) groups is 3. The predicted molar refractivity (Wildman–Crippen MR) is 290 cm³/mol. The molecule has 0 heterocycles. The Morgan fingerprint density at radius 3 is 1.25 bits per heavy atom. The lowest BCUT2D eigenvalue weighted by molar-refractivity contribution is -0.870. The summed E-state index contributed by atoms with van der Waals surface area (Å²) in [5.41, 5.74) is 0. The van der Waals surface area contributed by atoms with Crippen molar-refractivity contribution in [1.82, 2.24) is 0 Å². The van der Waals surface area contributed by atoms with Crippen molar-refractivity contribution in [3.8, 4) is 0 Å². The van der Waals surface area contributed by atoms with Gasteiger partial charge in [0.2, 0.25) is 0 Å². The van der Waals surface area contributed by atoms with E-state index in [0.29, 0.717) is 17.4 Å². The molecule has 0 radical (unpaired) electrons. The van der Waals surface area contributed by atoms with E-state index in [0.717, 1.165) is 116 Å². The Morgan fingerprint density at radius 1 is 0.449 bits per heavy atom. The number of carbonyl (C=O) groups excluding carboxylic acids is 2. The van der Waals surface area contributed by atoms with Gasteiger partial charge < -0.3 is 28.5 Å². The normalized spacial score (nSPS) is 13.6. The van der Waals surface area contributed by atoms with E-state index in [1.165, 1.54) is 57.8 Å². The third-order valence-corrected chi connectivity index (χ3v) is 11.3. The first-order valence-electron chi connectivity index (χ1n) is 27.4. The maximum absolute atomic E-state index is 12.8. The molecule has 9 heteroatoms. The number of nitrogens with zero attached hydrogens (tertiary/aromatic N) is 1. The van der Waals surface area contributed by atoms with Crippen LogP contribution < -0.4 is 0 Å². The van der Waals surface area contributed by atoms with Crippen LogP contribution in [0.4, 0.5) is 0 Å². The number of carboxylic acid groups (broad SMARTS) is 1. The van der Waals surface area contributed by atoms with Gasteiger partial charge in [-0.15, -0.1) is 0 Å². The third kappa shape index (κ3) is 51.9. The second-order valence-corrected chi connectivity index (χ2v) is 19.2. The molecule has 0 aliphatic carbocycles. The Labute approximate surface area is 422 Å². The molecule has 0 fully saturated rings. The molecule has 0 rings (SSSR count). The fourth-order valence-corrected chi connectivity index (χ4v) is 7.09. The van der Waals surface area contributed by atoms with Crippen molar-refractivity contribution >= 4 is 17.9 Å². The minimum Gasteiger partial charge on any atom is -0.477 e. The van der Waals surface area contributed by atoms with E-state index in [9.17, 15) is 19.5 Å². The first-order chi connectivity index (χ1) is 33.6. The SMILES string of the molecule is CC/C=C\C/C=C\C/C=C\C/C=C\C/C=C\C/C=C\C/C=C\CCCCCCCCCCCCCC(=O)OC(COC(=O)CCCCCCC/C=C\CCCC)COC(OCC[N+](C)(C)C)C(=O)O. The lowest BCUT2D eigenvalue weighted by atomic mass is 10.0. The van der Waals surface area contributed by atoms with Crippen LogP contribution in [-0.4, -0.2) is 87.4 Å². The second kappa shape index (κ2) is 50.6. The molecular weight excluding hydrogens is 863 g/mol. The Balaban J connectivity index is 4.17. The molecule has 0 amide bonds. The van der Waals surface area contributed by atoms with Crippen LogP contribution >= 0.6 is 0 Å². The van der Waals surface area contributed by atoms with E-state index < -0.39 is 24.3 Å². The Bertz CT molecular complexity index is 1450. The highest BCUT2D eigenvalue weighted by atomic mass is 16.7. The van der Waals surface area contributed by atoms with Crippen LogP contribution in [0.25, 0.3) is 0 Å². The summed E-state index contributed by atoms with van der Waals surface area (Å²) in [6.45, 7) is 4.69. The van der Waals surface area contributed by atoms with Crippen molar-refractivity contribution in [2.24, 2.45) is 0 Å². The average Bonchev–Trinajstić information content (AvgIpc) is 3.31. The smallest absolute Gasteiger partial charge is 0.361 e. The van der Waals surface area contributed by atoms with E-state index in [2.05, 4.69) is 111 Å². The summed E-state index contributed by atoms with van der Waals surface area (Å²) >= 11 is 0. The summed E-state index contributed by atoms with van der Waals surface area (Å²) in [5, 5.41) is 9.66. The lowest BCUT2D eigenvalue weighted by Gasteiger charge is -2.25. The van der Waals surface area contributed by atoms with Gasteiger partial charge in [-0.2, -0.15) is 0 Å². The van der Waals surface area contributed by atoms with Crippen LogP contribution in [0.3, 0.4) is 0 Å². The van der Waals surface area contributed by atoms with Crippen molar-refractivity contribution in [1.29, 1.82) is 0 Å². The molecule has 0 aromatic rings. The summed E-state index contributed by atoms with van der Waals surface area (Å²) in [6, 6.07) is 0. The number of ether oxygens (including phenoxy) is 4. The molecule has 0 saturated heterocycles. The van der Waals surface area contributed by atoms with E-state index >= 15 is 0 Å². The number of esters is 2. The largest absolute Gasteiger partial charge is 0.477 e. The highest BCUT2D eigenvalue weighted by Gasteiger charge is 2.25. The zero-order chi connectivity index (χ0) is 50.6. The van der Waals surface area contributed by atoms with E-state index in [1.54, 1.807) is 0 Å². The lowest BCUT2D eigenvalue weighted by Crippen LogP contribution is -2.40. The molecule has 0 saturated carbocycles. The topological polar surface area (TPSA) is 108 Å². The van der Waals surface area contributed by atoms with Gasteiger partial charge in [-0.05, 0) is 89.9 Å². The highest BCUT2D eigenvalue weighted by Crippen LogP contribution is 2.15. The predicted octanol–water partition coefficient (Wildman–Crippen LogP) is 15.8. The van der Waals surface area contributed by atoms with Crippen LogP contribution in [0.15, 0.2) is 97.2 Å². The van der Waals surface area contributed by atoms with Gasteiger partial charge >= 0.3 is 17.9 Å². The van der Waals surface area contributed by atoms with Crippen molar-refractivity contribution in [3.63, 3.8) is 0 Å². The molecule has 0 aliphatic rings. The molecule has 9 nitrogen and oxygen atoms in total. The van der Waals surface area contributed by atoms with Crippen molar-refractivity contribution in [2.75, 3.05) is 47.5 Å². The van der Waals surface area contributed by atoms with Gasteiger partial charge in [0.25, 0.3) is 6.29 Å². The van der Waals surface area contributed by atoms with E-state index in [1.807, 2.05) is 21.1 Å². The fraction of sp³-hybridized carbons (Fsp3) is 0.683. The number of rotatable bonds is 49. The molecule has 0 aromatic heterocycles. The number of aliphatic carboxylic acids is 1. The zero-order valence-electron chi connectivity index (χ0n) is 44.7. The molecule has 0 spiro atoms. The average molecular weight is 965 g/mol. The minimum atomic E-state index is -1.52. The summed E-state index contributed by atoms with van der Waals surface area (Å²) in [7, 11) is 5.95. The van der Waals surface area contributed by atoms with Gasteiger partial charge in [-0.1, -0.05) is 201 Å². The van der Waals surface area contributed by atoms with Crippen molar-refractivity contribution in [2.45, 2.75) is 219 Å². The van der Waals surface area contributed by atoms with Crippen molar-refractivity contribution < 1.29 is 42.9 Å². The summed E-state index contributed by atoms with van der Waals surface area (Å²) < 4.78 is 22.8. The van der Waals surface area contributed by atoms with Gasteiger partial charge in [0.1, 0.15) is 13.2 Å². The number of unbranched alkanes of at least 4 members (excludes halogenated alkanes) is 18. The Hall–Kier alpha value is -3.79. The van der Waals surface area contributed by atoms with Gasteiger partial charge in [-0.25, -0.2) is 4.79 Å². The zero-order valence-corrected chi connectivity index (χ0v) is 44.7. The number of likely N-dealkylation sites (N-methyl/N-ethyl adjacent to an activating group) is 1. The highest BCUT2D eigenvalue weighted by molar-refractivity contribution is 5.71. The van der Waals surface area contributed by atoms with Crippen LogP contribution in [-0.2, 0) is 33.3 Å². The monoisotopic (exact) mass is 965 g/mol. The van der Waals surface area contributed by atoms with Crippen LogP contribution in [0.5, 0.6) is 0 Å². The van der Waals surface area contributed by atoms with Crippen LogP contribution in [0, 0.1) is 0 Å². The first kappa shape index (κ1) is 65.2. The molecule has 0 aliphatic heterocycles. The molecular formula is C60H102NO8+. The summed E-state index contributed by atoms with van der Waals surface area (Å²) in [6.07, 6.45) is 64.9. The van der Waals surface area contributed by atoms with Crippen LogP contribution in [0.1, 0.15) is 206 Å². The van der Waals surface area contributed by atoms with Crippen molar-refractivity contribution in [3.05, 3.63) is 97.2 Å². The quantitative estimate of drug-likeness (QED) is 0.0211. The van der Waals surface area contributed by atoms with Gasteiger partial charge in [0.05, 0.1) is 34.4 Å². The minimum absolute atomic E-state index is 0.182. The first-order valence-corrected chi connectivity index (χ1v) is 27.4. The Kier molecular flexibility index (Phi) is 47.8. The fourth-order valence-electron chi connectivity index (χ4n) is 7.09. The number of allylic oxidation sites excluding steroid dienone is 16. The summed E-state index contributed by atoms with van der Waals surface area (Å²) in [4.78, 5) is 37.2. The standard InChI is InChI=1S/C60H101NO8/c1-6-8-10-12-14-16-18-19-20-21-22-23-24-25-26-27-28-29-30-31-32-33-34-35-36-37-38-39-41-43-45-47-49-51-58(63)69-56(55-68-60(59(64)65)66-53-52-61(3,4)5)54-67-57(62)50-48-46-44-42-40-17-15-13-11-9-7-2/h8,10,13-16,19-20,22-23,25-26,28-29,31-32,56,60H,6-7,9,11-12,17-18,21,24,27,30,33-55H2,1-5H3/p+1/b10-8-,15-13-,16-14-,20-19-,23-22-,26-25-,29-28-,32-31-. The van der Waals surface area contributed by atoms with E-state index in [-0.39, 0.29) is 38.6 Å². The maximum atomic E-state index is 12.8. The molecule has 1 N–H and O–H groups in total. The molecule has 2 atom stereocenters. The number of hydrogen-bond donors (Lipinski definition) is 1. The Morgan fingerprint density at radius 2 is 0.826 bits per heavy atom. The van der Waals surface area contributed by atoms with Gasteiger partial charge in [0, 0.05) is 12.8 Å². The number of quaternary nitrogens is 1. The maximum Gasteiger partial charge on any atom is 0.361 e. The second-order valence-electron chi connectivity index (χ2n) is 19.2. The van der Waals surface area contributed by atoms with Gasteiger partial charge in [0.15, 0.2) is 6.10 Å². The molecule has 69 heavy (non-hydrogen) atoms. The van der Waals surface area contributed by atoms with Gasteiger partial charge in [-0.3, -0.25) is 9.59 Å². The molecule has 2 unspecified atom stereocenters.